The average Bonchev–Trinajstić information content (AvgIpc) is 2.61. The number of carbonyl (C=O) groups excluding carboxylic acids is 1. The molecule has 1 aliphatic rings. The Bertz CT molecular complexity index is 800. The summed E-state index contributed by atoms with van der Waals surface area (Å²) in [7, 11) is 1.64. The fourth-order valence-corrected chi connectivity index (χ4v) is 3.55. The fraction of sp³-hybridized carbons (Fsp3) is 0.381. The lowest BCUT2D eigenvalue weighted by Gasteiger charge is -2.35. The van der Waals surface area contributed by atoms with Gasteiger partial charge >= 0.3 is 0 Å². The zero-order valence-corrected chi connectivity index (χ0v) is 15.1. The summed E-state index contributed by atoms with van der Waals surface area (Å²) in [5.74, 6) is 0.651. The maximum Gasteiger partial charge on any atom is 0.251 e. The number of aryl methyl sites for hydroxylation is 3. The molecule has 4 heteroatoms. The highest BCUT2D eigenvalue weighted by molar-refractivity contribution is 5.95. The second-order valence-electron chi connectivity index (χ2n) is 6.91. The van der Waals surface area contributed by atoms with Crippen molar-refractivity contribution < 1.29 is 14.6 Å². The molecule has 0 aromatic heterocycles. The molecule has 132 valence electrons. The first-order valence-corrected chi connectivity index (χ1v) is 8.68. The van der Waals surface area contributed by atoms with Gasteiger partial charge in [-0.3, -0.25) is 4.79 Å². The molecule has 25 heavy (non-hydrogen) atoms. The summed E-state index contributed by atoms with van der Waals surface area (Å²) >= 11 is 0. The maximum atomic E-state index is 12.6. The Morgan fingerprint density at radius 3 is 2.80 bits per heavy atom. The molecule has 3 rings (SSSR count). The van der Waals surface area contributed by atoms with Gasteiger partial charge in [-0.2, -0.15) is 0 Å². The quantitative estimate of drug-likeness (QED) is 0.899. The van der Waals surface area contributed by atoms with E-state index in [0.717, 1.165) is 40.8 Å². The minimum absolute atomic E-state index is 0.143. The predicted molar refractivity (Wildman–Crippen MR) is 98.1 cm³/mol. The number of fused-ring (bicyclic) bond motifs is 1. The van der Waals surface area contributed by atoms with Crippen molar-refractivity contribution in [3.05, 3.63) is 64.2 Å². The van der Waals surface area contributed by atoms with Gasteiger partial charge in [0.1, 0.15) is 11.4 Å². The molecule has 2 aromatic carbocycles. The number of hydrogen-bond acceptors (Lipinski definition) is 3. The summed E-state index contributed by atoms with van der Waals surface area (Å²) in [4.78, 5) is 12.6. The molecule has 1 amide bonds. The van der Waals surface area contributed by atoms with E-state index in [4.69, 9.17) is 4.74 Å². The first kappa shape index (κ1) is 17.5. The normalized spacial score (nSPS) is 19.2. The second-order valence-corrected chi connectivity index (χ2v) is 6.91. The van der Waals surface area contributed by atoms with Crippen molar-refractivity contribution in [2.75, 3.05) is 13.7 Å². The molecule has 4 nitrogen and oxygen atoms in total. The van der Waals surface area contributed by atoms with Gasteiger partial charge in [0.05, 0.1) is 13.7 Å². The van der Waals surface area contributed by atoms with Crippen LogP contribution in [0.3, 0.4) is 0 Å². The van der Waals surface area contributed by atoms with Crippen LogP contribution in [0.1, 0.15) is 45.5 Å². The Hall–Kier alpha value is -2.33. The molecule has 0 saturated carbocycles. The van der Waals surface area contributed by atoms with Crippen molar-refractivity contribution in [2.24, 2.45) is 0 Å². The topological polar surface area (TPSA) is 58.6 Å². The number of amides is 1. The van der Waals surface area contributed by atoms with Crippen LogP contribution in [0.25, 0.3) is 0 Å². The summed E-state index contributed by atoms with van der Waals surface area (Å²) in [5, 5.41) is 14.1. The zero-order chi connectivity index (χ0) is 18.0. The number of methoxy groups -OCH3 is 1. The Balaban J connectivity index is 1.79. The Morgan fingerprint density at radius 2 is 2.04 bits per heavy atom. The van der Waals surface area contributed by atoms with Gasteiger partial charge in [-0.1, -0.05) is 23.8 Å². The minimum Gasteiger partial charge on any atom is -0.497 e. The number of rotatable bonds is 4. The van der Waals surface area contributed by atoms with Crippen LogP contribution in [0.4, 0.5) is 0 Å². The number of aliphatic hydroxyl groups is 1. The number of nitrogens with one attached hydrogen (secondary N) is 1. The Kier molecular flexibility index (Phi) is 4.82. The van der Waals surface area contributed by atoms with Gasteiger partial charge in [0, 0.05) is 5.56 Å². The third-order valence-corrected chi connectivity index (χ3v) is 5.03. The molecule has 0 radical (unpaired) electrons. The monoisotopic (exact) mass is 339 g/mol. The van der Waals surface area contributed by atoms with Crippen LogP contribution in [-0.4, -0.2) is 24.7 Å². The van der Waals surface area contributed by atoms with Crippen LogP contribution >= 0.6 is 0 Å². The number of benzene rings is 2. The number of hydrogen-bond donors (Lipinski definition) is 2. The van der Waals surface area contributed by atoms with Gasteiger partial charge in [-0.05, 0) is 68.0 Å². The molecule has 1 unspecified atom stereocenters. The van der Waals surface area contributed by atoms with E-state index in [1.807, 2.05) is 50.2 Å². The SMILES string of the molecule is COc1ccc2c(c1)CCCC2(O)CNC(=O)c1cc(C)ccc1C. The molecule has 2 N–H and O–H groups in total. The summed E-state index contributed by atoms with van der Waals surface area (Å²) in [6.45, 7) is 4.10. The van der Waals surface area contributed by atoms with Gasteiger partial charge in [-0.15, -0.1) is 0 Å². The minimum atomic E-state index is -1.03. The molecule has 0 saturated heterocycles. The highest BCUT2D eigenvalue weighted by atomic mass is 16.5. The molecule has 0 spiro atoms. The third-order valence-electron chi connectivity index (χ3n) is 5.03. The van der Waals surface area contributed by atoms with Gasteiger partial charge in [0.2, 0.25) is 0 Å². The van der Waals surface area contributed by atoms with Crippen molar-refractivity contribution in [3.8, 4) is 5.75 Å². The maximum absolute atomic E-state index is 12.6. The highest BCUT2D eigenvalue weighted by Gasteiger charge is 2.35. The van der Waals surface area contributed by atoms with Crippen molar-refractivity contribution in [3.63, 3.8) is 0 Å². The first-order valence-electron chi connectivity index (χ1n) is 8.68. The lowest BCUT2D eigenvalue weighted by atomic mass is 9.79. The van der Waals surface area contributed by atoms with E-state index < -0.39 is 5.60 Å². The highest BCUT2D eigenvalue weighted by Crippen LogP contribution is 2.36. The summed E-state index contributed by atoms with van der Waals surface area (Å²) in [6, 6.07) is 11.6. The molecular weight excluding hydrogens is 314 g/mol. The average molecular weight is 339 g/mol. The van der Waals surface area contributed by atoms with E-state index in [1.165, 1.54) is 0 Å². The largest absolute Gasteiger partial charge is 0.497 e. The number of carbonyl (C=O) groups is 1. The lowest BCUT2D eigenvalue weighted by molar-refractivity contribution is 0.0189. The van der Waals surface area contributed by atoms with Crippen molar-refractivity contribution >= 4 is 5.91 Å². The standard InChI is InChI=1S/C21H25NO3/c1-14-6-7-15(2)18(11-14)20(23)22-13-21(24)10-4-5-16-12-17(25-3)8-9-19(16)21/h6-9,11-12,24H,4-5,10,13H2,1-3H3,(H,22,23). The number of ether oxygens (including phenoxy) is 1. The second kappa shape index (κ2) is 6.89. The van der Waals surface area contributed by atoms with Crippen LogP contribution in [0.5, 0.6) is 5.75 Å². The van der Waals surface area contributed by atoms with Crippen LogP contribution < -0.4 is 10.1 Å². The molecule has 1 atom stereocenters. The van der Waals surface area contributed by atoms with E-state index in [9.17, 15) is 9.90 Å². The lowest BCUT2D eigenvalue weighted by Crippen LogP contribution is -2.43. The molecular formula is C21H25NO3. The van der Waals surface area contributed by atoms with Gasteiger partial charge in [0.15, 0.2) is 0 Å². The summed E-state index contributed by atoms with van der Waals surface area (Å²) in [5.41, 5.74) is 3.59. The molecule has 0 bridgehead atoms. The van der Waals surface area contributed by atoms with Crippen LogP contribution in [0, 0.1) is 13.8 Å². The van der Waals surface area contributed by atoms with Crippen molar-refractivity contribution in [2.45, 2.75) is 38.7 Å². The van der Waals surface area contributed by atoms with E-state index in [0.29, 0.717) is 12.0 Å². The van der Waals surface area contributed by atoms with E-state index >= 15 is 0 Å². The predicted octanol–water partition coefficient (Wildman–Crippen LogP) is 3.27. The van der Waals surface area contributed by atoms with E-state index in [1.54, 1.807) is 7.11 Å². The third kappa shape index (κ3) is 3.54. The molecule has 0 heterocycles. The first-order chi connectivity index (χ1) is 11.9. The van der Waals surface area contributed by atoms with E-state index in [2.05, 4.69) is 5.32 Å². The van der Waals surface area contributed by atoms with Crippen molar-refractivity contribution in [1.82, 2.24) is 5.32 Å². The zero-order valence-electron chi connectivity index (χ0n) is 15.1. The van der Waals surface area contributed by atoms with Crippen LogP contribution in [0.2, 0.25) is 0 Å². The van der Waals surface area contributed by atoms with Gasteiger partial charge in [-0.25, -0.2) is 0 Å². The Labute approximate surface area is 148 Å². The van der Waals surface area contributed by atoms with Gasteiger partial charge in [0.25, 0.3) is 5.91 Å². The van der Waals surface area contributed by atoms with Crippen LogP contribution in [-0.2, 0) is 12.0 Å². The molecule has 2 aromatic rings. The molecule has 0 fully saturated rings. The van der Waals surface area contributed by atoms with E-state index in [-0.39, 0.29) is 12.5 Å². The van der Waals surface area contributed by atoms with Gasteiger partial charge < -0.3 is 15.2 Å². The van der Waals surface area contributed by atoms with Crippen LogP contribution in [0.15, 0.2) is 36.4 Å². The van der Waals surface area contributed by atoms with Crippen molar-refractivity contribution in [1.29, 1.82) is 0 Å². The smallest absolute Gasteiger partial charge is 0.251 e. The summed E-state index contributed by atoms with van der Waals surface area (Å²) in [6.07, 6.45) is 2.44. The summed E-state index contributed by atoms with van der Waals surface area (Å²) < 4.78 is 5.28. The Morgan fingerprint density at radius 1 is 1.24 bits per heavy atom. The molecule has 0 aliphatic heterocycles. The molecule has 1 aliphatic carbocycles. The fourth-order valence-electron chi connectivity index (χ4n) is 3.55.